The third-order valence-electron chi connectivity index (χ3n) is 3.77. The van der Waals surface area contributed by atoms with Crippen LogP contribution in [0.5, 0.6) is 17.2 Å². The van der Waals surface area contributed by atoms with Crippen LogP contribution >= 0.6 is 0 Å². The summed E-state index contributed by atoms with van der Waals surface area (Å²) in [6, 6.07) is 2.45. The summed E-state index contributed by atoms with van der Waals surface area (Å²) in [5.41, 5.74) is 2.57. The highest BCUT2D eigenvalue weighted by Crippen LogP contribution is 2.49. The first kappa shape index (κ1) is 10.7. The Balaban J connectivity index is 2.19. The smallest absolute Gasteiger partial charge is 0.231 e. The van der Waals surface area contributed by atoms with Gasteiger partial charge in [-0.05, 0) is 32.0 Å². The van der Waals surface area contributed by atoms with E-state index in [0.717, 1.165) is 30.2 Å². The van der Waals surface area contributed by atoms with Gasteiger partial charge in [0.05, 0.1) is 7.11 Å². The molecule has 1 aromatic carbocycles. The van der Waals surface area contributed by atoms with E-state index in [1.807, 2.05) is 0 Å². The van der Waals surface area contributed by atoms with Crippen molar-refractivity contribution in [1.29, 1.82) is 0 Å². The van der Waals surface area contributed by atoms with E-state index < -0.39 is 0 Å². The van der Waals surface area contributed by atoms with Crippen molar-refractivity contribution < 1.29 is 14.2 Å². The van der Waals surface area contributed by atoms with Crippen molar-refractivity contribution in [3.05, 3.63) is 17.2 Å². The maximum absolute atomic E-state index is 5.63. The molecule has 0 radical (unpaired) electrons. The largest absolute Gasteiger partial charge is 0.493 e. The lowest BCUT2D eigenvalue weighted by Gasteiger charge is -2.32. The molecule has 0 spiro atoms. The van der Waals surface area contributed by atoms with Crippen LogP contribution in [0.25, 0.3) is 0 Å². The number of ether oxygens (including phenoxy) is 3. The molecule has 1 atom stereocenters. The van der Waals surface area contributed by atoms with Crippen molar-refractivity contribution in [2.45, 2.75) is 19.4 Å². The van der Waals surface area contributed by atoms with Crippen LogP contribution in [0.2, 0.25) is 0 Å². The van der Waals surface area contributed by atoms with Crippen LogP contribution in [0.1, 0.15) is 24.1 Å². The van der Waals surface area contributed by atoms with Gasteiger partial charge in [0, 0.05) is 18.2 Å². The van der Waals surface area contributed by atoms with Crippen LogP contribution in [0, 0.1) is 0 Å². The maximum atomic E-state index is 5.63. The molecule has 2 aliphatic heterocycles. The summed E-state index contributed by atoms with van der Waals surface area (Å²) in [6.07, 6.45) is 1.03. The molecule has 0 fully saturated rings. The second-order valence-corrected chi connectivity index (χ2v) is 4.62. The molecule has 0 bridgehead atoms. The number of methoxy groups -OCH3 is 1. The molecule has 4 nitrogen and oxygen atoms in total. The molecule has 4 heteroatoms. The Morgan fingerprint density at radius 3 is 2.88 bits per heavy atom. The Morgan fingerprint density at radius 1 is 1.35 bits per heavy atom. The molecule has 2 aliphatic rings. The lowest BCUT2D eigenvalue weighted by atomic mass is 9.92. The molecule has 2 heterocycles. The predicted molar refractivity (Wildman–Crippen MR) is 63.9 cm³/mol. The topological polar surface area (TPSA) is 30.9 Å². The molecule has 1 aromatic rings. The van der Waals surface area contributed by atoms with Gasteiger partial charge in [0.1, 0.15) is 0 Å². The molecule has 1 unspecified atom stereocenters. The van der Waals surface area contributed by atoms with Gasteiger partial charge in [-0.25, -0.2) is 0 Å². The van der Waals surface area contributed by atoms with E-state index in [1.54, 1.807) is 7.11 Å². The number of likely N-dealkylation sites (N-methyl/N-ethyl adjacent to an activating group) is 1. The third kappa shape index (κ3) is 1.47. The summed E-state index contributed by atoms with van der Waals surface area (Å²) in [7, 11) is 3.81. The van der Waals surface area contributed by atoms with Gasteiger partial charge in [0.25, 0.3) is 0 Å². The summed E-state index contributed by atoms with van der Waals surface area (Å²) in [5.74, 6) is 2.42. The van der Waals surface area contributed by atoms with Crippen molar-refractivity contribution in [2.24, 2.45) is 0 Å². The van der Waals surface area contributed by atoms with Crippen molar-refractivity contribution in [2.75, 3.05) is 27.5 Å². The maximum Gasteiger partial charge on any atom is 0.231 e. The summed E-state index contributed by atoms with van der Waals surface area (Å²) in [4.78, 5) is 2.33. The van der Waals surface area contributed by atoms with Gasteiger partial charge in [-0.2, -0.15) is 0 Å². The molecule has 0 N–H and O–H groups in total. The fourth-order valence-electron chi connectivity index (χ4n) is 2.64. The average molecular weight is 235 g/mol. The summed E-state index contributed by atoms with van der Waals surface area (Å²) >= 11 is 0. The van der Waals surface area contributed by atoms with Gasteiger partial charge < -0.3 is 14.2 Å². The van der Waals surface area contributed by atoms with E-state index in [4.69, 9.17) is 14.2 Å². The lowest BCUT2D eigenvalue weighted by Crippen LogP contribution is -2.30. The highest BCUT2D eigenvalue weighted by molar-refractivity contribution is 5.61. The number of rotatable bonds is 1. The zero-order valence-electron chi connectivity index (χ0n) is 10.4. The summed E-state index contributed by atoms with van der Waals surface area (Å²) in [5, 5.41) is 0. The molecule has 3 rings (SSSR count). The lowest BCUT2D eigenvalue weighted by molar-refractivity contribution is 0.167. The van der Waals surface area contributed by atoms with Crippen LogP contribution in [-0.4, -0.2) is 32.4 Å². The van der Waals surface area contributed by atoms with Crippen LogP contribution in [0.4, 0.5) is 0 Å². The van der Waals surface area contributed by atoms with Gasteiger partial charge in [-0.3, -0.25) is 4.90 Å². The summed E-state index contributed by atoms with van der Waals surface area (Å²) in [6.45, 7) is 3.56. The Morgan fingerprint density at radius 2 is 2.12 bits per heavy atom. The zero-order chi connectivity index (χ0) is 12.0. The molecule has 0 saturated heterocycles. The monoisotopic (exact) mass is 235 g/mol. The van der Waals surface area contributed by atoms with Crippen LogP contribution in [0.3, 0.4) is 0 Å². The standard InChI is InChI=1S/C13H17NO3/c1-8-11-9(4-5-14(8)2)6-10(15-3)12-13(11)17-7-16-12/h6,8H,4-5,7H2,1-3H3. The quantitative estimate of drug-likeness (QED) is 0.744. The molecule has 0 aromatic heterocycles. The summed E-state index contributed by atoms with van der Waals surface area (Å²) < 4.78 is 16.5. The second kappa shape index (κ2) is 3.81. The Kier molecular flexibility index (Phi) is 2.40. The molecule has 0 amide bonds. The number of fused-ring (bicyclic) bond motifs is 3. The first-order valence-corrected chi connectivity index (χ1v) is 5.92. The van der Waals surface area contributed by atoms with Crippen LogP contribution in [-0.2, 0) is 6.42 Å². The van der Waals surface area contributed by atoms with Gasteiger partial charge in [0.15, 0.2) is 11.5 Å². The number of nitrogens with zero attached hydrogens (tertiary/aromatic N) is 1. The Labute approximate surface area is 101 Å². The van der Waals surface area contributed by atoms with E-state index in [0.29, 0.717) is 12.8 Å². The van der Waals surface area contributed by atoms with Gasteiger partial charge in [0.2, 0.25) is 12.5 Å². The van der Waals surface area contributed by atoms with E-state index >= 15 is 0 Å². The van der Waals surface area contributed by atoms with Crippen molar-refractivity contribution in [3.63, 3.8) is 0 Å². The minimum Gasteiger partial charge on any atom is -0.493 e. The minimum atomic E-state index is 0.290. The van der Waals surface area contributed by atoms with E-state index in [2.05, 4.69) is 24.9 Å². The minimum absolute atomic E-state index is 0.290. The van der Waals surface area contributed by atoms with Crippen molar-refractivity contribution in [3.8, 4) is 17.2 Å². The third-order valence-corrected chi connectivity index (χ3v) is 3.77. The van der Waals surface area contributed by atoms with Crippen LogP contribution < -0.4 is 14.2 Å². The second-order valence-electron chi connectivity index (χ2n) is 4.62. The fraction of sp³-hybridized carbons (Fsp3) is 0.538. The van der Waals surface area contributed by atoms with Gasteiger partial charge in [-0.15, -0.1) is 0 Å². The molecule has 0 aliphatic carbocycles. The van der Waals surface area contributed by atoms with E-state index in [9.17, 15) is 0 Å². The molecular weight excluding hydrogens is 218 g/mol. The van der Waals surface area contributed by atoms with Crippen LogP contribution in [0.15, 0.2) is 6.07 Å². The zero-order valence-corrected chi connectivity index (χ0v) is 10.4. The molecule has 17 heavy (non-hydrogen) atoms. The van der Waals surface area contributed by atoms with Crippen molar-refractivity contribution in [1.82, 2.24) is 4.90 Å². The molecular formula is C13H17NO3. The predicted octanol–water partition coefficient (Wildman–Crippen LogP) is 1.97. The SMILES string of the molecule is COc1cc2c(c3c1OCO3)C(C)N(C)CC2. The van der Waals surface area contributed by atoms with Gasteiger partial charge >= 0.3 is 0 Å². The Hall–Kier alpha value is -1.42. The first-order chi connectivity index (χ1) is 8.22. The number of hydrogen-bond donors (Lipinski definition) is 0. The van der Waals surface area contributed by atoms with Crippen molar-refractivity contribution >= 4 is 0 Å². The fourth-order valence-corrected chi connectivity index (χ4v) is 2.64. The van der Waals surface area contributed by atoms with E-state index in [-0.39, 0.29) is 0 Å². The molecule has 0 saturated carbocycles. The normalized spacial score (nSPS) is 22.4. The molecule has 92 valence electrons. The van der Waals surface area contributed by atoms with E-state index in [1.165, 1.54) is 11.1 Å². The number of hydrogen-bond acceptors (Lipinski definition) is 4. The average Bonchev–Trinajstić information content (AvgIpc) is 2.81. The number of benzene rings is 1. The highest BCUT2D eigenvalue weighted by Gasteiger charge is 2.32. The first-order valence-electron chi connectivity index (χ1n) is 5.92. The van der Waals surface area contributed by atoms with Gasteiger partial charge in [-0.1, -0.05) is 0 Å². The Bertz CT molecular complexity index is 458. The highest BCUT2D eigenvalue weighted by atomic mass is 16.7.